The van der Waals surface area contributed by atoms with Gasteiger partial charge in [0.05, 0.1) is 18.4 Å². The summed E-state index contributed by atoms with van der Waals surface area (Å²) in [6.45, 7) is 7.89. The third kappa shape index (κ3) is 2.31. The van der Waals surface area contributed by atoms with E-state index in [-0.39, 0.29) is 0 Å². The highest BCUT2D eigenvalue weighted by Gasteiger charge is 2.14. The van der Waals surface area contributed by atoms with E-state index in [0.29, 0.717) is 0 Å². The summed E-state index contributed by atoms with van der Waals surface area (Å²) in [5, 5.41) is 4.43. The minimum absolute atomic E-state index is 0.747. The molecule has 0 bridgehead atoms. The van der Waals surface area contributed by atoms with Crippen LogP contribution in [0.3, 0.4) is 0 Å². The van der Waals surface area contributed by atoms with Crippen molar-refractivity contribution in [3.63, 3.8) is 0 Å². The maximum absolute atomic E-state index is 10.1. The molecule has 0 aromatic rings. The van der Waals surface area contributed by atoms with Crippen molar-refractivity contribution >= 4 is 0 Å². The van der Waals surface area contributed by atoms with Gasteiger partial charge in [0.1, 0.15) is 0 Å². The summed E-state index contributed by atoms with van der Waals surface area (Å²) in [6.07, 6.45) is 1.88. The summed E-state index contributed by atoms with van der Waals surface area (Å²) in [7, 11) is 0. The van der Waals surface area contributed by atoms with Crippen LogP contribution in [0, 0.1) is 4.91 Å². The summed E-state index contributed by atoms with van der Waals surface area (Å²) < 4.78 is 0. The molecular weight excluding hydrogens is 142 g/mol. The molecule has 0 saturated carbocycles. The normalized spacial score (nSPS) is 19.8. The molecule has 1 aliphatic heterocycles. The number of nitrogens with zero attached hydrogens (tertiary/aromatic N) is 3. The molecular formula is C7H13N3O. The van der Waals surface area contributed by atoms with Crippen LogP contribution in [-0.2, 0) is 0 Å². The second kappa shape index (κ2) is 4.08. The van der Waals surface area contributed by atoms with E-state index in [4.69, 9.17) is 0 Å². The van der Waals surface area contributed by atoms with E-state index in [1.165, 1.54) is 0 Å². The predicted octanol–water partition coefficient (Wildman–Crippen LogP) is 0.471. The molecule has 1 aliphatic rings. The van der Waals surface area contributed by atoms with Crippen LogP contribution in [0.15, 0.2) is 17.9 Å². The summed E-state index contributed by atoms with van der Waals surface area (Å²) in [5.41, 5.74) is 0. The van der Waals surface area contributed by atoms with E-state index in [1.807, 2.05) is 6.08 Å². The maximum Gasteiger partial charge on any atom is 0.0524 e. The first-order chi connectivity index (χ1) is 5.36. The van der Waals surface area contributed by atoms with Crippen molar-refractivity contribution in [3.05, 3.63) is 17.6 Å². The third-order valence-corrected chi connectivity index (χ3v) is 1.85. The van der Waals surface area contributed by atoms with Gasteiger partial charge in [0.15, 0.2) is 0 Å². The first kappa shape index (κ1) is 8.20. The van der Waals surface area contributed by atoms with Crippen molar-refractivity contribution < 1.29 is 0 Å². The van der Waals surface area contributed by atoms with Crippen LogP contribution in [0.5, 0.6) is 0 Å². The monoisotopic (exact) mass is 155 g/mol. The zero-order chi connectivity index (χ0) is 8.10. The van der Waals surface area contributed by atoms with Crippen LogP contribution in [0.1, 0.15) is 0 Å². The Labute approximate surface area is 66.4 Å². The second-order valence-electron chi connectivity index (χ2n) is 2.62. The molecule has 0 radical (unpaired) electrons. The van der Waals surface area contributed by atoms with E-state index < -0.39 is 0 Å². The molecule has 0 N–H and O–H groups in total. The fraction of sp³-hybridized carbons (Fsp3) is 0.714. The van der Waals surface area contributed by atoms with Crippen LogP contribution in [-0.4, -0.2) is 42.6 Å². The van der Waals surface area contributed by atoms with Crippen molar-refractivity contribution in [2.24, 2.45) is 5.29 Å². The van der Waals surface area contributed by atoms with Gasteiger partial charge in [0.25, 0.3) is 0 Å². The predicted molar refractivity (Wildman–Crippen MR) is 44.0 cm³/mol. The first-order valence-corrected chi connectivity index (χ1v) is 3.78. The molecule has 0 unspecified atom stereocenters. The Kier molecular flexibility index (Phi) is 3.04. The number of hydrogen-bond donors (Lipinski definition) is 0. The van der Waals surface area contributed by atoms with Crippen molar-refractivity contribution in [2.45, 2.75) is 0 Å². The van der Waals surface area contributed by atoms with Gasteiger partial charge in [-0.15, -0.1) is 11.5 Å². The summed E-state index contributed by atoms with van der Waals surface area (Å²) in [4.78, 5) is 12.3. The van der Waals surface area contributed by atoms with Crippen LogP contribution in [0.4, 0.5) is 0 Å². The lowest BCUT2D eigenvalue weighted by molar-refractivity contribution is 0.145. The molecule has 1 rings (SSSR count). The SMILES string of the molecule is C=CCN1CCN(N=O)CC1. The Balaban J connectivity index is 2.23. The first-order valence-electron chi connectivity index (χ1n) is 3.78. The lowest BCUT2D eigenvalue weighted by atomic mass is 10.3. The van der Waals surface area contributed by atoms with Crippen molar-refractivity contribution in [1.82, 2.24) is 9.91 Å². The number of rotatable bonds is 3. The number of nitroso groups, excluding NO2 is 1. The smallest absolute Gasteiger partial charge is 0.0524 e. The average molecular weight is 155 g/mol. The molecule has 4 heteroatoms. The van der Waals surface area contributed by atoms with Gasteiger partial charge in [-0.3, -0.25) is 9.91 Å². The van der Waals surface area contributed by atoms with E-state index >= 15 is 0 Å². The minimum Gasteiger partial charge on any atom is -0.296 e. The van der Waals surface area contributed by atoms with Gasteiger partial charge < -0.3 is 0 Å². The molecule has 0 spiro atoms. The quantitative estimate of drug-likeness (QED) is 0.439. The Morgan fingerprint density at radius 3 is 2.45 bits per heavy atom. The summed E-state index contributed by atoms with van der Waals surface area (Å²) in [6, 6.07) is 0. The number of hydrogen-bond acceptors (Lipinski definition) is 3. The average Bonchev–Trinajstić information content (AvgIpc) is 2.07. The van der Waals surface area contributed by atoms with Crippen LogP contribution in [0.25, 0.3) is 0 Å². The maximum atomic E-state index is 10.1. The molecule has 1 saturated heterocycles. The highest BCUT2D eigenvalue weighted by molar-refractivity contribution is 4.77. The zero-order valence-corrected chi connectivity index (χ0v) is 6.57. The standard InChI is InChI=1S/C7H13N3O/c1-2-3-9-4-6-10(8-11)7-5-9/h2H,1,3-7H2. The molecule has 1 fully saturated rings. The van der Waals surface area contributed by atoms with E-state index in [9.17, 15) is 4.91 Å². The van der Waals surface area contributed by atoms with Gasteiger partial charge in [0.2, 0.25) is 0 Å². The Morgan fingerprint density at radius 2 is 2.00 bits per heavy atom. The van der Waals surface area contributed by atoms with Gasteiger partial charge in [0, 0.05) is 19.6 Å². The lowest BCUT2D eigenvalue weighted by Gasteiger charge is -2.30. The van der Waals surface area contributed by atoms with Gasteiger partial charge in [-0.05, 0) is 0 Å². The Morgan fingerprint density at radius 1 is 1.36 bits per heavy atom. The minimum atomic E-state index is 0.747. The highest BCUT2D eigenvalue weighted by Crippen LogP contribution is 2.00. The van der Waals surface area contributed by atoms with Crippen molar-refractivity contribution in [1.29, 1.82) is 0 Å². The molecule has 0 aliphatic carbocycles. The fourth-order valence-electron chi connectivity index (χ4n) is 1.18. The molecule has 0 aromatic heterocycles. The fourth-order valence-corrected chi connectivity index (χ4v) is 1.18. The number of piperazine rings is 1. The molecule has 0 atom stereocenters. The van der Waals surface area contributed by atoms with Gasteiger partial charge in [-0.1, -0.05) is 6.08 Å². The topological polar surface area (TPSA) is 35.9 Å². The molecule has 62 valence electrons. The van der Waals surface area contributed by atoms with Crippen molar-refractivity contribution in [3.8, 4) is 0 Å². The third-order valence-electron chi connectivity index (χ3n) is 1.85. The molecule has 0 amide bonds. The van der Waals surface area contributed by atoms with Crippen LogP contribution >= 0.6 is 0 Å². The second-order valence-corrected chi connectivity index (χ2v) is 2.62. The van der Waals surface area contributed by atoms with Crippen LogP contribution in [0.2, 0.25) is 0 Å². The van der Waals surface area contributed by atoms with E-state index in [1.54, 1.807) is 5.01 Å². The zero-order valence-electron chi connectivity index (χ0n) is 6.57. The Bertz CT molecular complexity index is 141. The molecule has 1 heterocycles. The van der Waals surface area contributed by atoms with Crippen LogP contribution < -0.4 is 0 Å². The van der Waals surface area contributed by atoms with Gasteiger partial charge >= 0.3 is 0 Å². The summed E-state index contributed by atoms with van der Waals surface area (Å²) >= 11 is 0. The molecule has 0 aromatic carbocycles. The highest BCUT2D eigenvalue weighted by atomic mass is 16.3. The van der Waals surface area contributed by atoms with Gasteiger partial charge in [-0.25, -0.2) is 0 Å². The summed E-state index contributed by atoms with van der Waals surface area (Å²) in [5.74, 6) is 0. The lowest BCUT2D eigenvalue weighted by Crippen LogP contribution is -2.43. The molecule has 4 nitrogen and oxygen atoms in total. The largest absolute Gasteiger partial charge is 0.296 e. The van der Waals surface area contributed by atoms with Gasteiger partial charge in [-0.2, -0.15) is 0 Å². The Hall–Kier alpha value is -0.900. The van der Waals surface area contributed by atoms with Crippen molar-refractivity contribution in [2.75, 3.05) is 32.7 Å². The van der Waals surface area contributed by atoms with E-state index in [0.717, 1.165) is 32.7 Å². The molecule has 11 heavy (non-hydrogen) atoms. The van der Waals surface area contributed by atoms with E-state index in [2.05, 4.69) is 16.8 Å².